The SMILES string of the molecule is OP(O)(=S)S.[AlH3]. The summed E-state index contributed by atoms with van der Waals surface area (Å²) in [5.74, 6) is 0. The highest BCUT2D eigenvalue weighted by molar-refractivity contribution is 8.59. The van der Waals surface area contributed by atoms with Crippen LogP contribution in [0.1, 0.15) is 0 Å². The maximum Gasteiger partial charge on any atom is 0.239 e. The van der Waals surface area contributed by atoms with Gasteiger partial charge < -0.3 is 9.79 Å². The monoisotopic (exact) mass is 160 g/mol. The lowest BCUT2D eigenvalue weighted by Gasteiger charge is -1.88. The molecule has 0 rings (SSSR count). The molecule has 0 aromatic heterocycles. The normalized spacial score (nSPS) is 9.83. The molecule has 0 atom stereocenters. The Bertz CT molecular complexity index is 57.7. The summed E-state index contributed by atoms with van der Waals surface area (Å²) in [6.07, 6.45) is 0. The van der Waals surface area contributed by atoms with E-state index >= 15 is 0 Å². The van der Waals surface area contributed by atoms with Crippen molar-refractivity contribution < 1.29 is 9.79 Å². The second kappa shape index (κ2) is 3.45. The molecule has 2 nitrogen and oxygen atoms in total. The second-order valence-electron chi connectivity index (χ2n) is 0.513. The lowest BCUT2D eigenvalue weighted by molar-refractivity contribution is 0.503. The molecule has 0 heterocycles. The fourth-order valence-corrected chi connectivity index (χ4v) is 0. The van der Waals surface area contributed by atoms with Crippen molar-refractivity contribution in [2.45, 2.75) is 0 Å². The van der Waals surface area contributed by atoms with Crippen LogP contribution in [0.15, 0.2) is 0 Å². The average molecular weight is 160 g/mol. The number of hydrogen-bond acceptors (Lipinski definition) is 1. The first-order chi connectivity index (χ1) is 2.00. The third-order valence-corrected chi connectivity index (χ3v) is 0. The van der Waals surface area contributed by atoms with E-state index in [-0.39, 0.29) is 17.4 Å². The van der Waals surface area contributed by atoms with Crippen molar-refractivity contribution in [1.82, 2.24) is 0 Å². The third kappa shape index (κ3) is 51.2. The molecule has 0 aliphatic carbocycles. The predicted molar refractivity (Wildman–Crippen MR) is 37.6 cm³/mol. The van der Waals surface area contributed by atoms with E-state index in [1.165, 1.54) is 0 Å². The summed E-state index contributed by atoms with van der Waals surface area (Å²) in [6, 6.07) is 0. The molecule has 0 saturated carbocycles. The summed E-state index contributed by atoms with van der Waals surface area (Å²) >= 11 is 7.07. The van der Waals surface area contributed by atoms with Crippen molar-refractivity contribution in [3.63, 3.8) is 0 Å². The Morgan fingerprint density at radius 1 is 1.50 bits per heavy atom. The van der Waals surface area contributed by atoms with E-state index in [1.807, 2.05) is 0 Å². The first kappa shape index (κ1) is 10.4. The van der Waals surface area contributed by atoms with Gasteiger partial charge in [-0.25, -0.2) is 0 Å². The summed E-state index contributed by atoms with van der Waals surface area (Å²) < 4.78 is 0. The van der Waals surface area contributed by atoms with E-state index in [1.54, 1.807) is 0 Å². The smallest absolute Gasteiger partial charge is 0.239 e. The van der Waals surface area contributed by atoms with E-state index < -0.39 is 5.69 Å². The minimum Gasteiger partial charge on any atom is -0.338 e. The quantitative estimate of drug-likeness (QED) is 0.240. The van der Waals surface area contributed by atoms with Crippen LogP contribution in [0.25, 0.3) is 0 Å². The molecular weight excluding hydrogens is 154 g/mol. The van der Waals surface area contributed by atoms with Crippen LogP contribution in [0.2, 0.25) is 0 Å². The molecule has 2 N–H and O–H groups in total. The first-order valence-corrected chi connectivity index (χ1v) is 4.64. The molecule has 0 amide bonds. The van der Waals surface area contributed by atoms with Crippen LogP contribution < -0.4 is 0 Å². The average Bonchev–Trinajstić information content (AvgIpc) is 0.722. The van der Waals surface area contributed by atoms with E-state index in [2.05, 4.69) is 24.1 Å². The van der Waals surface area contributed by atoms with Gasteiger partial charge in [0.05, 0.1) is 0 Å². The van der Waals surface area contributed by atoms with Crippen LogP contribution in [0.3, 0.4) is 0 Å². The van der Waals surface area contributed by atoms with Gasteiger partial charge in [0.2, 0.25) is 5.69 Å². The Morgan fingerprint density at radius 2 is 1.50 bits per heavy atom. The molecule has 0 aromatic rings. The molecule has 0 saturated heterocycles. The van der Waals surface area contributed by atoms with Crippen LogP contribution in [-0.2, 0) is 11.8 Å². The lowest BCUT2D eigenvalue weighted by atomic mass is 15.9. The van der Waals surface area contributed by atoms with Crippen molar-refractivity contribution in [2.24, 2.45) is 0 Å². The zero-order chi connectivity index (χ0) is 4.50. The standard InChI is InChI=1S/Al.H3O2PS2.3H/c;1-3(2,4)5;;;/h;(H3,1,2,4,5);;;. The second-order valence-corrected chi connectivity index (χ2v) is 5.55. The number of thiol groups is 1. The van der Waals surface area contributed by atoms with Gasteiger partial charge in [0, 0.05) is 0 Å². The summed E-state index contributed by atoms with van der Waals surface area (Å²) in [7, 11) is 0. The van der Waals surface area contributed by atoms with E-state index in [4.69, 9.17) is 9.79 Å². The van der Waals surface area contributed by atoms with Crippen LogP contribution in [0.5, 0.6) is 0 Å². The molecule has 0 radical (unpaired) electrons. The maximum absolute atomic E-state index is 7.87. The van der Waals surface area contributed by atoms with Gasteiger partial charge in [0.25, 0.3) is 0 Å². The molecule has 0 bridgehead atoms. The van der Waals surface area contributed by atoms with Crippen LogP contribution in [0.4, 0.5) is 0 Å². The Kier molecular flexibility index (Phi) is 6.01. The molecule has 0 unspecified atom stereocenters. The molecule has 0 aliphatic heterocycles. The third-order valence-electron chi connectivity index (χ3n) is 0. The summed E-state index contributed by atoms with van der Waals surface area (Å²) in [5, 5.41) is 0. The maximum atomic E-state index is 7.87. The van der Waals surface area contributed by atoms with Gasteiger partial charge in [-0.3, -0.25) is 0 Å². The molecule has 0 aromatic carbocycles. The van der Waals surface area contributed by atoms with Crippen LogP contribution in [0, 0.1) is 0 Å². The Hall–Kier alpha value is 1.45. The minimum absolute atomic E-state index is 0. The highest BCUT2D eigenvalue weighted by atomic mass is 32.9. The molecule has 0 fully saturated rings. The first-order valence-electron chi connectivity index (χ1n) is 0.783. The largest absolute Gasteiger partial charge is 0.338 e. The fraction of sp³-hybridized carbons (Fsp3) is 0. The van der Waals surface area contributed by atoms with Crippen LogP contribution >= 0.6 is 17.9 Å². The summed E-state index contributed by atoms with van der Waals surface area (Å²) in [5.41, 5.74) is -3.11. The van der Waals surface area contributed by atoms with Gasteiger partial charge in [-0.2, -0.15) is 0 Å². The Morgan fingerprint density at radius 3 is 1.50 bits per heavy atom. The zero-order valence-electron chi connectivity index (χ0n) is 2.20. The van der Waals surface area contributed by atoms with Crippen molar-refractivity contribution in [2.75, 3.05) is 0 Å². The van der Waals surface area contributed by atoms with Gasteiger partial charge in [-0.1, -0.05) is 12.2 Å². The number of rotatable bonds is 0. The predicted octanol–water partition coefficient (Wildman–Crippen LogP) is -1.06. The van der Waals surface area contributed by atoms with E-state index in [9.17, 15) is 0 Å². The molecule has 0 aliphatic rings. The summed E-state index contributed by atoms with van der Waals surface area (Å²) in [6.45, 7) is 0. The number of hydrogen-bond donors (Lipinski definition) is 3. The van der Waals surface area contributed by atoms with Crippen molar-refractivity contribution in [1.29, 1.82) is 0 Å². The highest BCUT2D eigenvalue weighted by Crippen LogP contribution is 2.39. The molecule has 38 valence electrons. The fourth-order valence-electron chi connectivity index (χ4n) is 0. The lowest BCUT2D eigenvalue weighted by Crippen LogP contribution is -1.53. The Labute approximate surface area is 57.0 Å². The van der Waals surface area contributed by atoms with Crippen molar-refractivity contribution >= 4 is 47.1 Å². The molecular formula is H6AlO2PS2. The van der Waals surface area contributed by atoms with Crippen molar-refractivity contribution in [3.05, 3.63) is 0 Å². The molecule has 0 spiro atoms. The van der Waals surface area contributed by atoms with E-state index in [0.29, 0.717) is 0 Å². The topological polar surface area (TPSA) is 40.5 Å². The molecule has 6 heavy (non-hydrogen) atoms. The van der Waals surface area contributed by atoms with Gasteiger partial charge in [-0.05, 0) is 11.8 Å². The van der Waals surface area contributed by atoms with Gasteiger partial charge in [-0.15, -0.1) is 0 Å². The van der Waals surface area contributed by atoms with Crippen molar-refractivity contribution in [3.8, 4) is 0 Å². The minimum atomic E-state index is -3.11. The zero-order valence-corrected chi connectivity index (χ0v) is 4.80. The molecule has 6 heteroatoms. The Balaban J connectivity index is 0. The summed E-state index contributed by atoms with van der Waals surface area (Å²) in [4.78, 5) is 15.7. The van der Waals surface area contributed by atoms with Gasteiger partial charge in [0.15, 0.2) is 17.4 Å². The highest BCUT2D eigenvalue weighted by Gasteiger charge is 1.90. The van der Waals surface area contributed by atoms with Gasteiger partial charge >= 0.3 is 0 Å². The van der Waals surface area contributed by atoms with Crippen LogP contribution in [-0.4, -0.2) is 27.1 Å². The van der Waals surface area contributed by atoms with Gasteiger partial charge in [0.1, 0.15) is 0 Å². The van der Waals surface area contributed by atoms with E-state index in [0.717, 1.165) is 0 Å².